The molecule has 2 N–H and O–H groups in total. The van der Waals surface area contributed by atoms with Crippen LogP contribution in [0.3, 0.4) is 0 Å². The van der Waals surface area contributed by atoms with Gasteiger partial charge in [0.1, 0.15) is 0 Å². The molecule has 112 valence electrons. The number of carboxylic acid groups (broad SMARTS) is 1. The zero-order valence-corrected chi connectivity index (χ0v) is 13.0. The SMILES string of the molecule is CCC(C)(C)CNC(=O)N(CCC(=O)O)C(C)(C)C. The molecular weight excluding hydrogens is 244 g/mol. The molecule has 0 saturated heterocycles. The Morgan fingerprint density at radius 2 is 1.68 bits per heavy atom. The van der Waals surface area contributed by atoms with E-state index in [0.29, 0.717) is 6.54 Å². The standard InChI is InChI=1S/C14H28N2O3/c1-7-14(5,6)10-15-12(19)16(13(2,3)4)9-8-11(17)18/h7-10H2,1-6H3,(H,15,19)(H,17,18). The first-order valence-electron chi connectivity index (χ1n) is 6.77. The zero-order chi connectivity index (χ0) is 15.3. The Bertz CT molecular complexity index is 319. The van der Waals surface area contributed by atoms with Crippen molar-refractivity contribution in [3.8, 4) is 0 Å². The number of nitrogens with zero attached hydrogens (tertiary/aromatic N) is 1. The second kappa shape index (κ2) is 6.78. The number of urea groups is 1. The second-order valence-corrected chi connectivity index (χ2v) is 6.64. The third-order valence-corrected chi connectivity index (χ3v) is 3.28. The Labute approximate surface area is 116 Å². The summed E-state index contributed by atoms with van der Waals surface area (Å²) in [4.78, 5) is 24.4. The van der Waals surface area contributed by atoms with Gasteiger partial charge in [0.25, 0.3) is 0 Å². The van der Waals surface area contributed by atoms with Crippen LogP contribution in [-0.4, -0.2) is 40.6 Å². The van der Waals surface area contributed by atoms with Gasteiger partial charge in [-0.05, 0) is 32.6 Å². The van der Waals surface area contributed by atoms with Gasteiger partial charge in [-0.1, -0.05) is 20.8 Å². The molecule has 0 spiro atoms. The highest BCUT2D eigenvalue weighted by Gasteiger charge is 2.27. The monoisotopic (exact) mass is 272 g/mol. The maximum absolute atomic E-state index is 12.2. The highest BCUT2D eigenvalue weighted by molar-refractivity contribution is 5.76. The van der Waals surface area contributed by atoms with Gasteiger partial charge in [-0.2, -0.15) is 0 Å². The highest BCUT2D eigenvalue weighted by atomic mass is 16.4. The van der Waals surface area contributed by atoms with E-state index in [-0.39, 0.29) is 24.4 Å². The van der Waals surface area contributed by atoms with E-state index in [1.165, 1.54) is 0 Å². The van der Waals surface area contributed by atoms with Crippen LogP contribution >= 0.6 is 0 Å². The van der Waals surface area contributed by atoms with E-state index in [1.54, 1.807) is 4.90 Å². The molecule has 0 radical (unpaired) electrons. The van der Waals surface area contributed by atoms with Crippen LogP contribution in [0.2, 0.25) is 0 Å². The Balaban J connectivity index is 4.60. The van der Waals surface area contributed by atoms with Gasteiger partial charge in [-0.15, -0.1) is 0 Å². The van der Waals surface area contributed by atoms with E-state index in [2.05, 4.69) is 26.1 Å². The maximum atomic E-state index is 12.2. The van der Waals surface area contributed by atoms with Crippen molar-refractivity contribution < 1.29 is 14.7 Å². The zero-order valence-electron chi connectivity index (χ0n) is 13.0. The molecule has 0 unspecified atom stereocenters. The van der Waals surface area contributed by atoms with E-state index >= 15 is 0 Å². The number of nitrogens with one attached hydrogen (secondary N) is 1. The van der Waals surface area contributed by atoms with Gasteiger partial charge in [0.15, 0.2) is 0 Å². The molecule has 0 aliphatic carbocycles. The third-order valence-electron chi connectivity index (χ3n) is 3.28. The van der Waals surface area contributed by atoms with Gasteiger partial charge in [0, 0.05) is 18.6 Å². The molecule has 19 heavy (non-hydrogen) atoms. The van der Waals surface area contributed by atoms with Crippen LogP contribution in [0.25, 0.3) is 0 Å². The summed E-state index contributed by atoms with van der Waals surface area (Å²) in [6, 6.07) is -0.199. The van der Waals surface area contributed by atoms with E-state index in [1.807, 2.05) is 20.8 Å². The number of hydrogen-bond acceptors (Lipinski definition) is 2. The molecule has 0 bridgehead atoms. The molecule has 0 fully saturated rings. The van der Waals surface area contributed by atoms with Gasteiger partial charge < -0.3 is 15.3 Å². The minimum atomic E-state index is -0.893. The lowest BCUT2D eigenvalue weighted by molar-refractivity contribution is -0.137. The number of rotatable bonds is 6. The molecule has 0 aliphatic heterocycles. The molecule has 0 aromatic carbocycles. The van der Waals surface area contributed by atoms with Gasteiger partial charge in [0.05, 0.1) is 6.42 Å². The van der Waals surface area contributed by atoms with E-state index in [4.69, 9.17) is 5.11 Å². The van der Waals surface area contributed by atoms with E-state index in [9.17, 15) is 9.59 Å². The molecule has 0 aromatic heterocycles. The van der Waals surface area contributed by atoms with Crippen molar-refractivity contribution in [1.82, 2.24) is 10.2 Å². The lowest BCUT2D eigenvalue weighted by Crippen LogP contribution is -2.52. The summed E-state index contributed by atoms with van der Waals surface area (Å²) >= 11 is 0. The summed E-state index contributed by atoms with van der Waals surface area (Å²) in [7, 11) is 0. The van der Waals surface area contributed by atoms with E-state index in [0.717, 1.165) is 6.42 Å². The van der Waals surface area contributed by atoms with Crippen LogP contribution in [0.4, 0.5) is 4.79 Å². The normalized spacial score (nSPS) is 12.1. The van der Waals surface area contributed by atoms with Crippen molar-refractivity contribution in [3.05, 3.63) is 0 Å². The smallest absolute Gasteiger partial charge is 0.317 e. The van der Waals surface area contributed by atoms with Crippen molar-refractivity contribution in [1.29, 1.82) is 0 Å². The third kappa shape index (κ3) is 7.03. The van der Waals surface area contributed by atoms with E-state index < -0.39 is 11.5 Å². The van der Waals surface area contributed by atoms with Crippen molar-refractivity contribution in [2.75, 3.05) is 13.1 Å². The largest absolute Gasteiger partial charge is 0.481 e. The first kappa shape index (κ1) is 17.7. The predicted molar refractivity (Wildman–Crippen MR) is 76.2 cm³/mol. The van der Waals surface area contributed by atoms with Crippen LogP contribution in [0, 0.1) is 5.41 Å². The lowest BCUT2D eigenvalue weighted by Gasteiger charge is -2.36. The van der Waals surface area contributed by atoms with Crippen molar-refractivity contribution in [2.24, 2.45) is 5.41 Å². The van der Waals surface area contributed by atoms with Gasteiger partial charge in [-0.25, -0.2) is 4.79 Å². The van der Waals surface area contributed by atoms with Crippen LogP contribution < -0.4 is 5.32 Å². The van der Waals surface area contributed by atoms with Gasteiger partial charge in [0.2, 0.25) is 0 Å². The minimum Gasteiger partial charge on any atom is -0.481 e. The minimum absolute atomic E-state index is 0.0398. The Morgan fingerprint density at radius 1 is 1.16 bits per heavy atom. The van der Waals surface area contributed by atoms with Crippen LogP contribution in [0.15, 0.2) is 0 Å². The Kier molecular flexibility index (Phi) is 6.33. The molecule has 0 aliphatic rings. The number of amides is 2. The van der Waals surface area contributed by atoms with Crippen molar-refractivity contribution >= 4 is 12.0 Å². The molecule has 2 amide bonds. The average molecular weight is 272 g/mol. The molecule has 0 saturated carbocycles. The summed E-state index contributed by atoms with van der Waals surface area (Å²) in [5, 5.41) is 11.6. The number of carbonyl (C=O) groups is 2. The first-order valence-corrected chi connectivity index (χ1v) is 6.77. The molecule has 5 heteroatoms. The first-order chi connectivity index (χ1) is 8.49. The van der Waals surface area contributed by atoms with Crippen molar-refractivity contribution in [3.63, 3.8) is 0 Å². The lowest BCUT2D eigenvalue weighted by atomic mass is 9.90. The molecular formula is C14H28N2O3. The number of carboxylic acids is 1. The van der Waals surface area contributed by atoms with Crippen LogP contribution in [0.1, 0.15) is 54.4 Å². The quantitative estimate of drug-likeness (QED) is 0.781. The molecule has 0 heterocycles. The average Bonchev–Trinajstić information content (AvgIpc) is 2.24. The Morgan fingerprint density at radius 3 is 2.05 bits per heavy atom. The second-order valence-electron chi connectivity index (χ2n) is 6.64. The summed E-state index contributed by atoms with van der Waals surface area (Å²) in [5.74, 6) is -0.893. The topological polar surface area (TPSA) is 69.6 Å². The fourth-order valence-corrected chi connectivity index (χ4v) is 1.48. The molecule has 0 rings (SSSR count). The van der Waals surface area contributed by atoms with Gasteiger partial charge in [-0.3, -0.25) is 4.79 Å². The number of aliphatic carboxylic acids is 1. The van der Waals surface area contributed by atoms with Gasteiger partial charge >= 0.3 is 12.0 Å². The fraction of sp³-hybridized carbons (Fsp3) is 0.857. The van der Waals surface area contributed by atoms with Crippen molar-refractivity contribution in [2.45, 2.75) is 59.9 Å². The summed E-state index contributed by atoms with van der Waals surface area (Å²) in [6.07, 6.45) is 0.930. The Hall–Kier alpha value is -1.26. The predicted octanol–water partition coefficient (Wildman–Crippen LogP) is 2.71. The summed E-state index contributed by atoms with van der Waals surface area (Å²) in [5.41, 5.74) is -0.345. The van der Waals surface area contributed by atoms with Crippen LogP contribution in [0.5, 0.6) is 0 Å². The summed E-state index contributed by atoms with van der Waals surface area (Å²) < 4.78 is 0. The fourth-order valence-electron chi connectivity index (χ4n) is 1.48. The number of hydrogen-bond donors (Lipinski definition) is 2. The highest BCUT2D eigenvalue weighted by Crippen LogP contribution is 2.19. The molecule has 5 nitrogen and oxygen atoms in total. The maximum Gasteiger partial charge on any atom is 0.317 e. The number of carbonyl (C=O) groups excluding carboxylic acids is 1. The molecule has 0 aromatic rings. The molecule has 0 atom stereocenters. The van der Waals surface area contributed by atoms with Crippen LogP contribution in [-0.2, 0) is 4.79 Å². The summed E-state index contributed by atoms with van der Waals surface area (Å²) in [6.45, 7) is 12.8.